The molecule has 0 saturated heterocycles. The van der Waals surface area contributed by atoms with Crippen LogP contribution < -0.4 is 11.3 Å². The Bertz CT molecular complexity index is 356. The molecule has 0 aromatic carbocycles. The minimum absolute atomic E-state index is 0.00408. The van der Waals surface area contributed by atoms with Crippen molar-refractivity contribution in [1.82, 2.24) is 15.2 Å². The monoisotopic (exact) mass is 254 g/mol. The number of nitrogens with one attached hydrogen (secondary N) is 1. The number of rotatable bonds is 6. The highest BCUT2D eigenvalue weighted by Gasteiger charge is 2.34. The molecule has 1 rings (SSSR count). The molecule has 0 fully saturated rings. The van der Waals surface area contributed by atoms with Crippen molar-refractivity contribution in [2.75, 3.05) is 6.61 Å². The molecule has 3 N–H and O–H groups in total. The highest BCUT2D eigenvalue weighted by atomic mass is 16.5. The molecule has 104 valence electrons. The zero-order valence-electron chi connectivity index (χ0n) is 12.1. The Hall–Kier alpha value is -0.910. The Balaban J connectivity index is 3.06. The van der Waals surface area contributed by atoms with Crippen molar-refractivity contribution in [3.63, 3.8) is 0 Å². The molecule has 0 spiro atoms. The van der Waals surface area contributed by atoms with Gasteiger partial charge in [-0.3, -0.25) is 10.5 Å². The van der Waals surface area contributed by atoms with Gasteiger partial charge in [0.25, 0.3) is 0 Å². The Morgan fingerprint density at radius 2 is 2.11 bits per heavy atom. The van der Waals surface area contributed by atoms with Gasteiger partial charge in [0.1, 0.15) is 0 Å². The van der Waals surface area contributed by atoms with Gasteiger partial charge in [0.2, 0.25) is 0 Å². The number of nitrogens with two attached hydrogens (primary N) is 1. The van der Waals surface area contributed by atoms with Crippen LogP contribution in [-0.4, -0.2) is 22.5 Å². The third-order valence-corrected chi connectivity index (χ3v) is 3.05. The second-order valence-corrected chi connectivity index (χ2v) is 5.46. The molecule has 1 aromatic rings. The molecule has 1 heterocycles. The summed E-state index contributed by atoms with van der Waals surface area (Å²) < 4.78 is 7.85. The van der Waals surface area contributed by atoms with E-state index in [1.54, 1.807) is 6.20 Å². The van der Waals surface area contributed by atoms with Crippen LogP contribution in [-0.2, 0) is 11.3 Å². The van der Waals surface area contributed by atoms with Gasteiger partial charge >= 0.3 is 0 Å². The normalized spacial score (nSPS) is 15.7. The van der Waals surface area contributed by atoms with Gasteiger partial charge in [-0.2, -0.15) is 5.10 Å². The Morgan fingerprint density at radius 3 is 2.56 bits per heavy atom. The van der Waals surface area contributed by atoms with Gasteiger partial charge in [0.05, 0.1) is 17.8 Å². The number of aryl methyl sites for hydroxylation is 1. The van der Waals surface area contributed by atoms with Crippen LogP contribution in [0.25, 0.3) is 0 Å². The maximum Gasteiger partial charge on any atom is 0.0895 e. The number of nitrogens with zero attached hydrogens (tertiary/aromatic N) is 2. The smallest absolute Gasteiger partial charge is 0.0895 e. The third kappa shape index (κ3) is 3.31. The van der Waals surface area contributed by atoms with Gasteiger partial charge in [0, 0.05) is 19.3 Å². The first-order valence-electron chi connectivity index (χ1n) is 6.55. The van der Waals surface area contributed by atoms with E-state index in [4.69, 9.17) is 10.6 Å². The lowest BCUT2D eigenvalue weighted by atomic mass is 9.83. The van der Waals surface area contributed by atoms with Crippen molar-refractivity contribution >= 4 is 0 Å². The quantitative estimate of drug-likeness (QED) is 0.601. The zero-order chi connectivity index (χ0) is 13.8. The van der Waals surface area contributed by atoms with Crippen LogP contribution >= 0.6 is 0 Å². The molecule has 0 saturated carbocycles. The van der Waals surface area contributed by atoms with Gasteiger partial charge < -0.3 is 4.74 Å². The standard InChI is InChI=1S/C13H26N4O/c1-6-17-10(8-9-15-17)11(16-14)12(18-7-2)13(3,4)5/h8-9,11-12,16H,6-7,14H2,1-5H3. The lowest BCUT2D eigenvalue weighted by molar-refractivity contribution is -0.0384. The summed E-state index contributed by atoms with van der Waals surface area (Å²) in [6.45, 7) is 12.0. The summed E-state index contributed by atoms with van der Waals surface area (Å²) in [4.78, 5) is 0. The predicted molar refractivity (Wildman–Crippen MR) is 72.8 cm³/mol. The number of hydrogen-bond donors (Lipinski definition) is 2. The summed E-state index contributed by atoms with van der Waals surface area (Å²) in [5.74, 6) is 5.74. The van der Waals surface area contributed by atoms with E-state index in [9.17, 15) is 0 Å². The highest BCUT2D eigenvalue weighted by Crippen LogP contribution is 2.32. The Morgan fingerprint density at radius 1 is 1.44 bits per heavy atom. The summed E-state index contributed by atoms with van der Waals surface area (Å²) in [5, 5.41) is 4.29. The van der Waals surface area contributed by atoms with E-state index in [-0.39, 0.29) is 17.6 Å². The van der Waals surface area contributed by atoms with Crippen LogP contribution in [0.4, 0.5) is 0 Å². The molecule has 0 aliphatic heterocycles. The van der Waals surface area contributed by atoms with Crippen LogP contribution in [0.2, 0.25) is 0 Å². The van der Waals surface area contributed by atoms with Crippen LogP contribution in [0.1, 0.15) is 46.4 Å². The number of hydrogen-bond acceptors (Lipinski definition) is 4. The number of aromatic nitrogens is 2. The molecule has 0 amide bonds. The van der Waals surface area contributed by atoms with Crippen LogP contribution in [0.15, 0.2) is 12.3 Å². The molecule has 2 unspecified atom stereocenters. The molecule has 18 heavy (non-hydrogen) atoms. The molecule has 0 bridgehead atoms. The minimum Gasteiger partial charge on any atom is -0.376 e. The fourth-order valence-electron chi connectivity index (χ4n) is 2.22. The van der Waals surface area contributed by atoms with Crippen LogP contribution in [0, 0.1) is 5.41 Å². The largest absolute Gasteiger partial charge is 0.376 e. The predicted octanol–water partition coefficient (Wildman–Crippen LogP) is 1.86. The molecule has 0 radical (unpaired) electrons. The summed E-state index contributed by atoms with van der Waals surface area (Å²) >= 11 is 0. The van der Waals surface area contributed by atoms with Gasteiger partial charge in [-0.1, -0.05) is 20.8 Å². The third-order valence-electron chi connectivity index (χ3n) is 3.05. The lowest BCUT2D eigenvalue weighted by Gasteiger charge is -2.36. The molecule has 5 nitrogen and oxygen atoms in total. The topological polar surface area (TPSA) is 65.1 Å². The van der Waals surface area contributed by atoms with Gasteiger partial charge in [-0.05, 0) is 25.3 Å². The van der Waals surface area contributed by atoms with Crippen LogP contribution in [0.5, 0.6) is 0 Å². The SMILES string of the molecule is CCOC(C(NN)c1ccnn1CC)C(C)(C)C. The Labute approximate surface area is 110 Å². The van der Waals surface area contributed by atoms with Crippen molar-refractivity contribution in [3.8, 4) is 0 Å². The first-order chi connectivity index (χ1) is 8.45. The zero-order valence-corrected chi connectivity index (χ0v) is 12.1. The molecular weight excluding hydrogens is 228 g/mol. The number of ether oxygens (including phenoxy) is 1. The summed E-state index contributed by atoms with van der Waals surface area (Å²) in [6, 6.07) is 1.93. The van der Waals surface area contributed by atoms with Gasteiger partial charge in [-0.15, -0.1) is 0 Å². The van der Waals surface area contributed by atoms with E-state index < -0.39 is 0 Å². The van der Waals surface area contributed by atoms with E-state index in [2.05, 4.69) is 38.2 Å². The maximum absolute atomic E-state index is 5.90. The van der Waals surface area contributed by atoms with Crippen molar-refractivity contribution < 1.29 is 4.74 Å². The van der Waals surface area contributed by atoms with Crippen LogP contribution in [0.3, 0.4) is 0 Å². The molecular formula is C13H26N4O. The second kappa shape index (κ2) is 6.31. The fourth-order valence-corrected chi connectivity index (χ4v) is 2.22. The first-order valence-corrected chi connectivity index (χ1v) is 6.55. The maximum atomic E-state index is 5.90. The van der Waals surface area contributed by atoms with Gasteiger partial charge in [0.15, 0.2) is 0 Å². The average molecular weight is 254 g/mol. The molecule has 5 heteroatoms. The molecule has 1 aromatic heterocycles. The highest BCUT2D eigenvalue weighted by molar-refractivity contribution is 5.10. The van der Waals surface area contributed by atoms with Crippen molar-refractivity contribution in [2.24, 2.45) is 11.3 Å². The van der Waals surface area contributed by atoms with E-state index in [1.165, 1.54) is 0 Å². The van der Waals surface area contributed by atoms with E-state index in [0.29, 0.717) is 6.61 Å². The molecule has 0 aliphatic rings. The van der Waals surface area contributed by atoms with Crippen molar-refractivity contribution in [1.29, 1.82) is 0 Å². The fraction of sp³-hybridized carbons (Fsp3) is 0.769. The number of hydrazine groups is 1. The van der Waals surface area contributed by atoms with Crippen molar-refractivity contribution in [2.45, 2.75) is 53.3 Å². The minimum atomic E-state index is -0.0626. The molecule has 0 aliphatic carbocycles. The first kappa shape index (κ1) is 15.1. The van der Waals surface area contributed by atoms with E-state index in [0.717, 1.165) is 12.2 Å². The van der Waals surface area contributed by atoms with Crippen molar-refractivity contribution in [3.05, 3.63) is 18.0 Å². The lowest BCUT2D eigenvalue weighted by Crippen LogP contribution is -2.45. The van der Waals surface area contributed by atoms with E-state index >= 15 is 0 Å². The Kier molecular flexibility index (Phi) is 5.31. The summed E-state index contributed by atoms with van der Waals surface area (Å²) in [6.07, 6.45) is 1.80. The molecule has 2 atom stereocenters. The average Bonchev–Trinajstić information content (AvgIpc) is 2.76. The summed E-state index contributed by atoms with van der Waals surface area (Å²) in [7, 11) is 0. The van der Waals surface area contributed by atoms with Gasteiger partial charge in [-0.25, -0.2) is 5.43 Å². The summed E-state index contributed by atoms with van der Waals surface area (Å²) in [5.41, 5.74) is 3.94. The van der Waals surface area contributed by atoms with E-state index in [1.807, 2.05) is 17.7 Å². The second-order valence-electron chi connectivity index (χ2n) is 5.46.